The monoisotopic (exact) mass is 521 g/mol. The zero-order chi connectivity index (χ0) is 25.7. The Hall–Kier alpha value is -3.75. The fraction of sp³-hybridized carbons (Fsp3) is 0.148. The summed E-state index contributed by atoms with van der Waals surface area (Å²) in [5.74, 6) is -0.213. The van der Waals surface area contributed by atoms with E-state index in [9.17, 15) is 13.2 Å². The standard InChI is InChI=1S/C27H24ClN3O4S/c1-19-7-6-10-21(15-19)18-36(33,34)27-29-16-24(28)25(30-27)26(32)31(17-20-8-4-3-5-9-20)22-11-13-23(35-2)14-12-22/h3-16H,17-18H2,1-2H3. The predicted molar refractivity (Wildman–Crippen MR) is 139 cm³/mol. The highest BCUT2D eigenvalue weighted by Gasteiger charge is 2.27. The third-order valence-corrected chi connectivity index (χ3v) is 7.20. The smallest absolute Gasteiger partial charge is 0.278 e. The van der Waals surface area contributed by atoms with Crippen LogP contribution >= 0.6 is 11.6 Å². The molecule has 0 saturated carbocycles. The average Bonchev–Trinajstić information content (AvgIpc) is 2.87. The number of amides is 1. The molecule has 9 heteroatoms. The van der Waals surface area contributed by atoms with Crippen molar-refractivity contribution >= 4 is 33.0 Å². The van der Waals surface area contributed by atoms with Gasteiger partial charge >= 0.3 is 0 Å². The first-order chi connectivity index (χ1) is 17.3. The van der Waals surface area contributed by atoms with Gasteiger partial charge in [0.25, 0.3) is 5.91 Å². The second-order valence-electron chi connectivity index (χ2n) is 8.17. The van der Waals surface area contributed by atoms with Gasteiger partial charge in [0.15, 0.2) is 5.69 Å². The van der Waals surface area contributed by atoms with Gasteiger partial charge in [-0.2, -0.15) is 0 Å². The minimum absolute atomic E-state index is 0.0407. The Labute approximate surface area is 215 Å². The number of carbonyl (C=O) groups is 1. The summed E-state index contributed by atoms with van der Waals surface area (Å²) in [6.45, 7) is 2.10. The van der Waals surface area contributed by atoms with Gasteiger partial charge in [-0.15, -0.1) is 0 Å². The molecule has 7 nitrogen and oxygen atoms in total. The number of ether oxygens (including phenoxy) is 1. The lowest BCUT2D eigenvalue weighted by Crippen LogP contribution is -2.32. The van der Waals surface area contributed by atoms with Crippen molar-refractivity contribution in [2.24, 2.45) is 0 Å². The number of anilines is 1. The van der Waals surface area contributed by atoms with Crippen LogP contribution in [0.3, 0.4) is 0 Å². The molecular weight excluding hydrogens is 498 g/mol. The maximum Gasteiger partial charge on any atom is 0.278 e. The second-order valence-corrected chi connectivity index (χ2v) is 10.5. The Morgan fingerprint density at radius 1 is 0.972 bits per heavy atom. The number of halogens is 1. The topological polar surface area (TPSA) is 89.5 Å². The first kappa shape index (κ1) is 25.3. The van der Waals surface area contributed by atoms with Crippen LogP contribution in [0.1, 0.15) is 27.2 Å². The Bertz CT molecular complexity index is 1480. The van der Waals surface area contributed by atoms with E-state index in [-0.39, 0.29) is 23.0 Å². The molecule has 3 aromatic carbocycles. The molecule has 0 atom stereocenters. The summed E-state index contributed by atoms with van der Waals surface area (Å²) in [7, 11) is -2.37. The van der Waals surface area contributed by atoms with Crippen LogP contribution in [0.4, 0.5) is 5.69 Å². The van der Waals surface area contributed by atoms with E-state index in [1.165, 1.54) is 4.90 Å². The molecular formula is C27H24ClN3O4S. The zero-order valence-electron chi connectivity index (χ0n) is 19.8. The van der Waals surface area contributed by atoms with Crippen LogP contribution in [0.5, 0.6) is 5.75 Å². The highest BCUT2D eigenvalue weighted by atomic mass is 35.5. The first-order valence-electron chi connectivity index (χ1n) is 11.1. The number of sulfone groups is 1. The fourth-order valence-corrected chi connectivity index (χ4v) is 5.04. The molecule has 36 heavy (non-hydrogen) atoms. The lowest BCUT2D eigenvalue weighted by atomic mass is 10.1. The molecule has 0 bridgehead atoms. The molecule has 0 aliphatic rings. The molecule has 0 fully saturated rings. The van der Waals surface area contributed by atoms with Crippen molar-refractivity contribution in [3.05, 3.63) is 112 Å². The van der Waals surface area contributed by atoms with E-state index in [4.69, 9.17) is 16.3 Å². The molecule has 1 heterocycles. The Kier molecular flexibility index (Phi) is 7.67. The van der Waals surface area contributed by atoms with Crippen molar-refractivity contribution in [3.8, 4) is 5.75 Å². The number of rotatable bonds is 8. The number of aryl methyl sites for hydroxylation is 1. The van der Waals surface area contributed by atoms with Gasteiger partial charge in [0.05, 0.1) is 30.6 Å². The normalized spacial score (nSPS) is 11.2. The van der Waals surface area contributed by atoms with Gasteiger partial charge in [0.1, 0.15) is 5.75 Å². The van der Waals surface area contributed by atoms with E-state index in [0.29, 0.717) is 17.0 Å². The molecule has 0 unspecified atom stereocenters. The second kappa shape index (κ2) is 10.9. The Morgan fingerprint density at radius 3 is 2.33 bits per heavy atom. The quantitative estimate of drug-likeness (QED) is 0.293. The molecule has 0 N–H and O–H groups in total. The first-order valence-corrected chi connectivity index (χ1v) is 13.1. The van der Waals surface area contributed by atoms with E-state index in [1.54, 1.807) is 49.6 Å². The summed E-state index contributed by atoms with van der Waals surface area (Å²) in [6.07, 6.45) is 1.15. The predicted octanol–water partition coefficient (Wildman–Crippen LogP) is 5.27. The molecule has 1 aromatic heterocycles. The van der Waals surface area contributed by atoms with Crippen LogP contribution in [0.15, 0.2) is 90.2 Å². The summed E-state index contributed by atoms with van der Waals surface area (Å²) in [4.78, 5) is 23.3. The number of hydrogen-bond donors (Lipinski definition) is 0. The average molecular weight is 522 g/mol. The Morgan fingerprint density at radius 2 is 1.67 bits per heavy atom. The maximum atomic E-state index is 13.7. The van der Waals surface area contributed by atoms with E-state index < -0.39 is 20.9 Å². The molecule has 4 rings (SSSR count). The van der Waals surface area contributed by atoms with Crippen molar-refractivity contribution in [1.82, 2.24) is 9.97 Å². The highest BCUT2D eigenvalue weighted by molar-refractivity contribution is 7.90. The molecule has 0 radical (unpaired) electrons. The number of aromatic nitrogens is 2. The van der Waals surface area contributed by atoms with Crippen LogP contribution in [0, 0.1) is 6.92 Å². The van der Waals surface area contributed by atoms with Crippen molar-refractivity contribution < 1.29 is 17.9 Å². The van der Waals surface area contributed by atoms with Crippen LogP contribution in [-0.2, 0) is 22.1 Å². The van der Waals surface area contributed by atoms with Gasteiger partial charge in [-0.1, -0.05) is 71.8 Å². The van der Waals surface area contributed by atoms with Crippen LogP contribution < -0.4 is 9.64 Å². The van der Waals surface area contributed by atoms with Gasteiger partial charge in [0.2, 0.25) is 15.0 Å². The summed E-state index contributed by atoms with van der Waals surface area (Å²) >= 11 is 6.32. The third-order valence-electron chi connectivity index (χ3n) is 5.45. The third kappa shape index (κ3) is 5.90. The van der Waals surface area contributed by atoms with Gasteiger partial charge in [-0.25, -0.2) is 18.4 Å². The summed E-state index contributed by atoms with van der Waals surface area (Å²) in [6, 6.07) is 23.5. The SMILES string of the molecule is COc1ccc(N(Cc2ccccc2)C(=O)c2nc(S(=O)(=O)Cc3cccc(C)c3)ncc2Cl)cc1. The summed E-state index contributed by atoms with van der Waals surface area (Å²) in [5.41, 5.74) is 2.79. The van der Waals surface area contributed by atoms with Crippen LogP contribution in [0.25, 0.3) is 0 Å². The van der Waals surface area contributed by atoms with E-state index in [1.807, 2.05) is 43.3 Å². The molecule has 0 saturated heterocycles. The summed E-state index contributed by atoms with van der Waals surface area (Å²) in [5, 5.41) is -0.493. The van der Waals surface area contributed by atoms with Crippen LogP contribution in [-0.4, -0.2) is 31.4 Å². The van der Waals surface area contributed by atoms with Crippen molar-refractivity contribution in [2.75, 3.05) is 12.0 Å². The van der Waals surface area contributed by atoms with Crippen molar-refractivity contribution in [3.63, 3.8) is 0 Å². The van der Waals surface area contributed by atoms with E-state index in [2.05, 4.69) is 9.97 Å². The van der Waals surface area contributed by atoms with Crippen molar-refractivity contribution in [1.29, 1.82) is 0 Å². The van der Waals surface area contributed by atoms with E-state index >= 15 is 0 Å². The highest BCUT2D eigenvalue weighted by Crippen LogP contribution is 2.26. The Balaban J connectivity index is 1.71. The number of benzene rings is 3. The lowest BCUT2D eigenvalue weighted by molar-refractivity contribution is 0.0979. The molecule has 4 aromatic rings. The minimum atomic E-state index is -3.93. The van der Waals surface area contributed by atoms with Gasteiger partial charge in [-0.05, 0) is 42.3 Å². The minimum Gasteiger partial charge on any atom is -0.497 e. The van der Waals surface area contributed by atoms with Gasteiger partial charge < -0.3 is 9.64 Å². The molecule has 0 aliphatic carbocycles. The van der Waals surface area contributed by atoms with Crippen LogP contribution in [0.2, 0.25) is 5.02 Å². The van der Waals surface area contributed by atoms with Crippen molar-refractivity contribution in [2.45, 2.75) is 24.4 Å². The van der Waals surface area contributed by atoms with Gasteiger partial charge in [-0.3, -0.25) is 4.79 Å². The number of methoxy groups -OCH3 is 1. The number of carbonyl (C=O) groups excluding carboxylic acids is 1. The molecule has 1 amide bonds. The van der Waals surface area contributed by atoms with E-state index in [0.717, 1.165) is 17.3 Å². The largest absolute Gasteiger partial charge is 0.497 e. The molecule has 0 spiro atoms. The molecule has 0 aliphatic heterocycles. The van der Waals surface area contributed by atoms with Gasteiger partial charge in [0, 0.05) is 5.69 Å². The summed E-state index contributed by atoms with van der Waals surface area (Å²) < 4.78 is 31.4. The zero-order valence-corrected chi connectivity index (χ0v) is 21.3. The lowest BCUT2D eigenvalue weighted by Gasteiger charge is -2.23. The number of nitrogens with zero attached hydrogens (tertiary/aromatic N) is 3. The molecule has 184 valence electrons. The number of hydrogen-bond acceptors (Lipinski definition) is 6. The fourth-order valence-electron chi connectivity index (χ4n) is 3.67. The maximum absolute atomic E-state index is 13.7.